The number of hydrogen-bond acceptors (Lipinski definition) is 7. The number of esters is 1. The van der Waals surface area contributed by atoms with E-state index in [4.69, 9.17) is 10.5 Å². The number of carbonyl (C=O) groups excluding carboxylic acids is 2. The third-order valence-electron chi connectivity index (χ3n) is 3.88. The molecule has 0 spiro atoms. The van der Waals surface area contributed by atoms with Crippen molar-refractivity contribution in [1.29, 1.82) is 0 Å². The fraction of sp³-hybridized carbons (Fsp3) is 0.467. The average molecular weight is 369 g/mol. The molecule has 3 atom stereocenters. The molecule has 9 nitrogen and oxygen atoms in total. The topological polar surface area (TPSA) is 143 Å². The fourth-order valence-electron chi connectivity index (χ4n) is 2.83. The highest BCUT2D eigenvalue weighted by atomic mass is 32.2. The molecular weight excluding hydrogens is 350 g/mol. The fourth-order valence-corrected chi connectivity index (χ4v) is 3.74. The Hall–Kier alpha value is -2.33. The van der Waals surface area contributed by atoms with Crippen LogP contribution in [-0.4, -0.2) is 64.6 Å². The number of hydrogen-bond donors (Lipinski definition) is 3. The van der Waals surface area contributed by atoms with Crippen molar-refractivity contribution in [3.05, 3.63) is 22.1 Å². The van der Waals surface area contributed by atoms with Crippen LogP contribution in [0.1, 0.15) is 13.3 Å². The van der Waals surface area contributed by atoms with Crippen LogP contribution in [0, 0.1) is 5.92 Å². The molecule has 2 heterocycles. The first-order chi connectivity index (χ1) is 11.9. The van der Waals surface area contributed by atoms with Gasteiger partial charge in [0.25, 0.3) is 0 Å². The number of aliphatic hydroxyl groups excluding tert-OH is 1. The van der Waals surface area contributed by atoms with E-state index in [1.165, 1.54) is 23.3 Å². The van der Waals surface area contributed by atoms with Gasteiger partial charge in [0, 0.05) is 17.4 Å². The number of β-lactam (4-membered cyclic amide) rings is 1. The Morgan fingerprint density at radius 2 is 2.28 bits per heavy atom. The van der Waals surface area contributed by atoms with Crippen molar-refractivity contribution in [1.82, 2.24) is 4.90 Å². The predicted molar refractivity (Wildman–Crippen MR) is 90.3 cm³/mol. The van der Waals surface area contributed by atoms with Gasteiger partial charge in [-0.15, -0.1) is 0 Å². The van der Waals surface area contributed by atoms with Crippen LogP contribution in [0.2, 0.25) is 0 Å². The van der Waals surface area contributed by atoms with Gasteiger partial charge in [-0.1, -0.05) is 11.8 Å². The minimum atomic E-state index is -1.21. The zero-order valence-electron chi connectivity index (χ0n) is 13.5. The maximum atomic E-state index is 12.0. The number of aliphatic hydroxyl groups is 1. The van der Waals surface area contributed by atoms with Gasteiger partial charge in [-0.05, 0) is 12.3 Å². The minimum absolute atomic E-state index is 0.0883. The molecular formula is C15H19N3O6S. The number of ether oxygens (including phenoxy) is 1. The summed E-state index contributed by atoms with van der Waals surface area (Å²) in [7, 11) is 0. The molecule has 1 amide bonds. The molecule has 1 fully saturated rings. The number of fused-ring (bicyclic) bond motifs is 1. The number of rotatable bonds is 8. The van der Waals surface area contributed by atoms with Crippen molar-refractivity contribution < 1.29 is 29.3 Å². The molecule has 25 heavy (non-hydrogen) atoms. The third kappa shape index (κ3) is 4.02. The molecule has 0 bridgehead atoms. The number of carboxylic acids is 1. The number of carboxylic acid groups (broad SMARTS) is 1. The van der Waals surface area contributed by atoms with Crippen LogP contribution in [0.5, 0.6) is 0 Å². The maximum Gasteiger partial charge on any atom is 0.353 e. The summed E-state index contributed by atoms with van der Waals surface area (Å²) >= 11 is 1.05. The Balaban J connectivity index is 1.97. The van der Waals surface area contributed by atoms with Crippen LogP contribution in [0.4, 0.5) is 0 Å². The summed E-state index contributed by atoms with van der Waals surface area (Å²) in [5.41, 5.74) is 4.96. The van der Waals surface area contributed by atoms with Gasteiger partial charge in [0.05, 0.1) is 30.9 Å². The Bertz CT molecular complexity index is 658. The summed E-state index contributed by atoms with van der Waals surface area (Å²) in [4.78, 5) is 40.4. The molecule has 0 saturated carbocycles. The molecule has 0 aromatic carbocycles. The van der Waals surface area contributed by atoms with Gasteiger partial charge in [0.1, 0.15) is 12.3 Å². The van der Waals surface area contributed by atoms with E-state index >= 15 is 0 Å². The lowest BCUT2D eigenvalue weighted by molar-refractivity contribution is -0.161. The lowest BCUT2D eigenvalue weighted by Gasteiger charge is -2.44. The van der Waals surface area contributed by atoms with E-state index in [0.29, 0.717) is 11.3 Å². The normalized spacial score (nSPS) is 23.9. The number of carbonyl (C=O) groups is 3. The SMILES string of the molecule is C[C@H](O)[C@@H]1C(=O)N2C(C(=O)O)=C(S/C=C\C(=O)OCCN=CN)C[C@H]12. The second-order valence-corrected chi connectivity index (χ2v) is 6.47. The molecule has 2 aliphatic rings. The first kappa shape index (κ1) is 19.0. The van der Waals surface area contributed by atoms with Gasteiger partial charge in [0.2, 0.25) is 5.91 Å². The van der Waals surface area contributed by atoms with Crippen LogP contribution < -0.4 is 5.73 Å². The van der Waals surface area contributed by atoms with Crippen molar-refractivity contribution in [2.24, 2.45) is 16.6 Å². The molecule has 10 heteroatoms. The quantitative estimate of drug-likeness (QED) is 0.132. The predicted octanol–water partition coefficient (Wildman–Crippen LogP) is -0.329. The highest BCUT2D eigenvalue weighted by Gasteiger charge is 2.56. The molecule has 0 aromatic heterocycles. The Labute approximate surface area is 148 Å². The van der Waals surface area contributed by atoms with Crippen molar-refractivity contribution in [3.8, 4) is 0 Å². The first-order valence-electron chi connectivity index (χ1n) is 7.56. The summed E-state index contributed by atoms with van der Waals surface area (Å²) in [5.74, 6) is -2.78. The van der Waals surface area contributed by atoms with Crippen molar-refractivity contribution in [3.63, 3.8) is 0 Å². The summed E-state index contributed by atoms with van der Waals surface area (Å²) in [6.45, 7) is 1.86. The van der Waals surface area contributed by atoms with E-state index in [2.05, 4.69) is 4.99 Å². The van der Waals surface area contributed by atoms with Crippen LogP contribution in [-0.2, 0) is 19.1 Å². The van der Waals surface area contributed by atoms with E-state index in [-0.39, 0.29) is 24.9 Å². The lowest BCUT2D eigenvalue weighted by atomic mass is 9.83. The van der Waals surface area contributed by atoms with Gasteiger partial charge in [-0.3, -0.25) is 9.79 Å². The monoisotopic (exact) mass is 369 g/mol. The molecule has 136 valence electrons. The summed E-state index contributed by atoms with van der Waals surface area (Å²) < 4.78 is 4.86. The third-order valence-corrected chi connectivity index (χ3v) is 4.79. The lowest BCUT2D eigenvalue weighted by Crippen LogP contribution is -2.61. The molecule has 0 aliphatic carbocycles. The van der Waals surface area contributed by atoms with Crippen LogP contribution in [0.3, 0.4) is 0 Å². The second-order valence-electron chi connectivity index (χ2n) is 5.47. The average Bonchev–Trinajstić information content (AvgIpc) is 2.85. The summed E-state index contributed by atoms with van der Waals surface area (Å²) in [6, 6.07) is -0.351. The molecule has 0 unspecified atom stereocenters. The number of nitrogens with zero attached hydrogens (tertiary/aromatic N) is 2. The standard InChI is InChI=1S/C15H19N3O6S/c1-8(19)12-9-6-10(13(15(22)23)18(9)14(12)21)25-5-2-11(20)24-4-3-17-7-16/h2,5,7-9,12,19H,3-4,6H2,1H3,(H2,16,17)(H,22,23)/b5-2-/t8-,9+,12-/m0/s1. The highest BCUT2D eigenvalue weighted by molar-refractivity contribution is 8.05. The maximum absolute atomic E-state index is 12.0. The number of aliphatic carboxylic acids is 1. The molecule has 0 aromatic rings. The Morgan fingerprint density at radius 1 is 1.56 bits per heavy atom. The Kier molecular flexibility index (Phi) is 6.21. The van der Waals surface area contributed by atoms with Crippen molar-refractivity contribution in [2.45, 2.75) is 25.5 Å². The largest absolute Gasteiger partial charge is 0.477 e. The molecule has 2 aliphatic heterocycles. The van der Waals surface area contributed by atoms with Crippen molar-refractivity contribution in [2.75, 3.05) is 13.2 Å². The number of aliphatic imine (C=N–C) groups is 1. The highest BCUT2D eigenvalue weighted by Crippen LogP contribution is 2.47. The number of nitrogens with two attached hydrogens (primary N) is 1. The zero-order valence-corrected chi connectivity index (χ0v) is 14.3. The van der Waals surface area contributed by atoms with Gasteiger partial charge in [-0.25, -0.2) is 9.59 Å². The first-order valence-corrected chi connectivity index (χ1v) is 8.44. The number of thioether (sulfide) groups is 1. The van der Waals surface area contributed by atoms with Gasteiger partial charge >= 0.3 is 11.9 Å². The van der Waals surface area contributed by atoms with E-state index < -0.39 is 29.9 Å². The molecule has 1 saturated heterocycles. The van der Waals surface area contributed by atoms with Gasteiger partial charge in [0.15, 0.2) is 0 Å². The van der Waals surface area contributed by atoms with Crippen LogP contribution >= 0.6 is 11.8 Å². The second kappa shape index (κ2) is 8.17. The molecule has 4 N–H and O–H groups in total. The smallest absolute Gasteiger partial charge is 0.353 e. The zero-order chi connectivity index (χ0) is 18.6. The van der Waals surface area contributed by atoms with Crippen molar-refractivity contribution >= 4 is 35.9 Å². The van der Waals surface area contributed by atoms with Gasteiger partial charge in [-0.2, -0.15) is 0 Å². The Morgan fingerprint density at radius 3 is 2.88 bits per heavy atom. The van der Waals surface area contributed by atoms with E-state index in [0.717, 1.165) is 18.1 Å². The molecule has 2 rings (SSSR count). The minimum Gasteiger partial charge on any atom is -0.477 e. The summed E-state index contributed by atoms with van der Waals surface area (Å²) in [6.07, 6.45) is 1.78. The van der Waals surface area contributed by atoms with E-state index in [9.17, 15) is 24.6 Å². The van der Waals surface area contributed by atoms with E-state index in [1.807, 2.05) is 0 Å². The van der Waals surface area contributed by atoms with Crippen LogP contribution in [0.15, 0.2) is 27.1 Å². The molecule has 0 radical (unpaired) electrons. The summed E-state index contributed by atoms with van der Waals surface area (Å²) in [5, 5.41) is 20.4. The number of amides is 1. The van der Waals surface area contributed by atoms with E-state index in [1.54, 1.807) is 0 Å². The van der Waals surface area contributed by atoms with Gasteiger partial charge < -0.3 is 25.6 Å². The van der Waals surface area contributed by atoms with Crippen LogP contribution in [0.25, 0.3) is 0 Å².